The van der Waals surface area contributed by atoms with Crippen molar-refractivity contribution < 1.29 is 0 Å². The van der Waals surface area contributed by atoms with Crippen molar-refractivity contribution >= 4 is 16.9 Å². The summed E-state index contributed by atoms with van der Waals surface area (Å²) in [5, 5.41) is 0. The standard InChI is InChI=1S/C20H31Si2/c1-21(2)9-6-7-19-12-17-11-18(13-19)15-20(14-17,16-19)8-10-22(3,4)5/h17-18H,9,11-16H2,1-5H3. The predicted octanol–water partition coefficient (Wildman–Crippen LogP) is 5.21. The molecule has 1 radical (unpaired) electrons. The van der Waals surface area contributed by atoms with Crippen molar-refractivity contribution in [2.24, 2.45) is 22.7 Å². The Labute approximate surface area is 140 Å². The minimum atomic E-state index is -1.27. The molecule has 2 unspecified atom stereocenters. The van der Waals surface area contributed by atoms with Gasteiger partial charge in [0.1, 0.15) is 8.07 Å². The first kappa shape index (κ1) is 16.4. The van der Waals surface area contributed by atoms with E-state index in [2.05, 4.69) is 56.0 Å². The van der Waals surface area contributed by atoms with E-state index in [0.717, 1.165) is 17.9 Å². The smallest absolute Gasteiger partial charge is 0.129 e. The summed E-state index contributed by atoms with van der Waals surface area (Å²) in [5.41, 5.74) is 4.40. The highest BCUT2D eigenvalue weighted by Gasteiger charge is 2.56. The van der Waals surface area contributed by atoms with E-state index in [9.17, 15) is 0 Å². The molecule has 4 aliphatic rings. The van der Waals surface area contributed by atoms with Crippen LogP contribution < -0.4 is 0 Å². The van der Waals surface area contributed by atoms with Crippen LogP contribution in [-0.2, 0) is 0 Å². The highest BCUT2D eigenvalue weighted by molar-refractivity contribution is 6.83. The van der Waals surface area contributed by atoms with Gasteiger partial charge in [-0.15, -0.1) is 17.4 Å². The first-order valence-electron chi connectivity index (χ1n) is 9.03. The molecule has 119 valence electrons. The largest absolute Gasteiger partial charge is 0.131 e. The minimum absolute atomic E-state index is 0.207. The lowest BCUT2D eigenvalue weighted by Gasteiger charge is -2.59. The Morgan fingerprint density at radius 2 is 1.50 bits per heavy atom. The quantitative estimate of drug-likeness (QED) is 0.458. The van der Waals surface area contributed by atoms with Crippen molar-refractivity contribution in [1.29, 1.82) is 0 Å². The third kappa shape index (κ3) is 3.55. The lowest BCUT2D eigenvalue weighted by atomic mass is 9.44. The summed E-state index contributed by atoms with van der Waals surface area (Å²) in [6.07, 6.45) is 8.26. The molecular weight excluding hydrogens is 296 g/mol. The Hall–Kier alpha value is -0.446. The van der Waals surface area contributed by atoms with Crippen molar-refractivity contribution in [3.63, 3.8) is 0 Å². The average molecular weight is 328 g/mol. The normalized spacial score (nSPS) is 39.2. The van der Waals surface area contributed by atoms with Gasteiger partial charge >= 0.3 is 0 Å². The van der Waals surface area contributed by atoms with Crippen LogP contribution in [0.1, 0.15) is 38.5 Å². The molecule has 0 aromatic rings. The van der Waals surface area contributed by atoms with Crippen LogP contribution in [-0.4, -0.2) is 16.9 Å². The van der Waals surface area contributed by atoms with E-state index in [1.807, 2.05) is 0 Å². The molecular formula is C20H31Si2. The number of hydrogen-bond donors (Lipinski definition) is 0. The van der Waals surface area contributed by atoms with E-state index in [0.29, 0.717) is 10.8 Å². The van der Waals surface area contributed by atoms with Gasteiger partial charge in [-0.25, -0.2) is 0 Å². The second-order valence-electron chi connectivity index (χ2n) is 9.71. The number of rotatable bonds is 1. The summed E-state index contributed by atoms with van der Waals surface area (Å²) in [6.45, 7) is 11.9. The SMILES string of the molecule is C[Si](C)CC#CC12CC3CC(C1)CC(C#C[Si](C)(C)C)(C3)C2. The molecule has 4 fully saturated rings. The molecule has 0 heterocycles. The van der Waals surface area contributed by atoms with Gasteiger partial charge in [0.2, 0.25) is 0 Å². The molecule has 4 bridgehead atoms. The van der Waals surface area contributed by atoms with Crippen LogP contribution in [0.3, 0.4) is 0 Å². The van der Waals surface area contributed by atoms with Gasteiger partial charge < -0.3 is 0 Å². The first-order valence-corrected chi connectivity index (χ1v) is 15.2. The van der Waals surface area contributed by atoms with E-state index in [4.69, 9.17) is 0 Å². The van der Waals surface area contributed by atoms with Gasteiger partial charge in [0.05, 0.1) is 8.80 Å². The Morgan fingerprint density at radius 1 is 0.955 bits per heavy atom. The van der Waals surface area contributed by atoms with E-state index in [-0.39, 0.29) is 8.80 Å². The van der Waals surface area contributed by atoms with Crippen LogP contribution in [0.4, 0.5) is 0 Å². The van der Waals surface area contributed by atoms with E-state index >= 15 is 0 Å². The van der Waals surface area contributed by atoms with Crippen LogP contribution >= 0.6 is 0 Å². The Morgan fingerprint density at radius 3 is 2.00 bits per heavy atom. The summed E-state index contributed by atoms with van der Waals surface area (Å²) < 4.78 is 0. The van der Waals surface area contributed by atoms with Gasteiger partial charge in [0.25, 0.3) is 0 Å². The maximum atomic E-state index is 3.84. The molecule has 0 aromatic heterocycles. The predicted molar refractivity (Wildman–Crippen MR) is 101 cm³/mol. The summed E-state index contributed by atoms with van der Waals surface area (Å²) >= 11 is 0. The van der Waals surface area contributed by atoms with Gasteiger partial charge in [-0.1, -0.05) is 38.7 Å². The average Bonchev–Trinajstić information content (AvgIpc) is 2.33. The molecule has 4 rings (SSSR count). The van der Waals surface area contributed by atoms with Crippen LogP contribution in [0.5, 0.6) is 0 Å². The number of hydrogen-bond acceptors (Lipinski definition) is 0. The molecule has 0 saturated heterocycles. The Bertz CT molecular complexity index is 544. The van der Waals surface area contributed by atoms with Gasteiger partial charge in [-0.3, -0.25) is 0 Å². The van der Waals surface area contributed by atoms with Crippen molar-refractivity contribution in [3.05, 3.63) is 0 Å². The third-order valence-electron chi connectivity index (χ3n) is 5.56. The fourth-order valence-electron chi connectivity index (χ4n) is 5.28. The molecule has 0 aromatic carbocycles. The van der Waals surface area contributed by atoms with Crippen molar-refractivity contribution in [3.8, 4) is 23.3 Å². The molecule has 0 nitrogen and oxygen atoms in total. The molecule has 0 N–H and O–H groups in total. The van der Waals surface area contributed by atoms with Crippen molar-refractivity contribution in [1.82, 2.24) is 0 Å². The lowest BCUT2D eigenvalue weighted by molar-refractivity contribution is -0.0523. The second-order valence-corrected chi connectivity index (χ2v) is 17.2. The van der Waals surface area contributed by atoms with E-state index in [1.54, 1.807) is 0 Å². The molecule has 22 heavy (non-hydrogen) atoms. The molecule has 0 spiro atoms. The lowest BCUT2D eigenvalue weighted by Crippen LogP contribution is -2.51. The molecule has 2 atom stereocenters. The summed E-state index contributed by atoms with van der Waals surface area (Å²) in [5.74, 6) is 13.1. The Balaban J connectivity index is 1.86. The fraction of sp³-hybridized carbons (Fsp3) is 0.800. The highest BCUT2D eigenvalue weighted by atomic mass is 28.3. The van der Waals surface area contributed by atoms with Gasteiger partial charge in [0.15, 0.2) is 0 Å². The zero-order valence-corrected chi connectivity index (χ0v) is 17.1. The van der Waals surface area contributed by atoms with Crippen LogP contribution in [0.2, 0.25) is 38.8 Å². The topological polar surface area (TPSA) is 0 Å². The van der Waals surface area contributed by atoms with Crippen LogP contribution in [0.25, 0.3) is 0 Å². The van der Waals surface area contributed by atoms with Gasteiger partial charge in [-0.05, 0) is 50.4 Å². The molecule has 0 aliphatic heterocycles. The minimum Gasteiger partial charge on any atom is -0.131 e. The first-order chi connectivity index (χ1) is 10.2. The van der Waals surface area contributed by atoms with Crippen LogP contribution in [0.15, 0.2) is 0 Å². The monoisotopic (exact) mass is 327 g/mol. The third-order valence-corrected chi connectivity index (χ3v) is 7.32. The molecule has 0 amide bonds. The zero-order valence-electron chi connectivity index (χ0n) is 15.1. The van der Waals surface area contributed by atoms with Gasteiger partial charge in [0, 0.05) is 16.9 Å². The molecule has 2 heteroatoms. The maximum absolute atomic E-state index is 3.84. The fourth-order valence-corrected chi connectivity index (χ4v) is 6.37. The van der Waals surface area contributed by atoms with Crippen LogP contribution in [0, 0.1) is 46.0 Å². The zero-order chi connectivity index (χ0) is 16.0. The van der Waals surface area contributed by atoms with E-state index < -0.39 is 8.07 Å². The summed E-state index contributed by atoms with van der Waals surface area (Å²) in [7, 11) is -1.47. The Kier molecular flexibility index (Phi) is 4.16. The van der Waals surface area contributed by atoms with Crippen molar-refractivity contribution in [2.45, 2.75) is 77.3 Å². The van der Waals surface area contributed by atoms with E-state index in [1.165, 1.54) is 38.5 Å². The summed E-state index contributed by atoms with van der Waals surface area (Å²) in [6, 6.07) is 1.16. The molecule has 4 saturated carbocycles. The summed E-state index contributed by atoms with van der Waals surface area (Å²) in [4.78, 5) is 0. The second kappa shape index (κ2) is 5.57. The molecule has 4 aliphatic carbocycles. The maximum Gasteiger partial charge on any atom is 0.129 e. The van der Waals surface area contributed by atoms with Gasteiger partial charge in [-0.2, -0.15) is 0 Å². The highest BCUT2D eigenvalue weighted by Crippen LogP contribution is 2.64. The van der Waals surface area contributed by atoms with Crippen molar-refractivity contribution in [2.75, 3.05) is 0 Å².